The minimum Gasteiger partial charge on any atom is -0.454 e. The van der Waals surface area contributed by atoms with Gasteiger partial charge >= 0.3 is 5.97 Å². The molecule has 0 bridgehead atoms. The fourth-order valence-corrected chi connectivity index (χ4v) is 1.69. The molecule has 15 heavy (non-hydrogen) atoms. The second-order valence-electron chi connectivity index (χ2n) is 3.59. The summed E-state index contributed by atoms with van der Waals surface area (Å²) in [4.78, 5) is 22.3. The third kappa shape index (κ3) is 2.78. The molecule has 0 aliphatic heterocycles. The van der Waals surface area contributed by atoms with Gasteiger partial charge in [0.15, 0.2) is 5.78 Å². The molecule has 0 N–H and O–H groups in total. The van der Waals surface area contributed by atoms with Crippen LogP contribution in [0.4, 0.5) is 0 Å². The van der Waals surface area contributed by atoms with Gasteiger partial charge in [0.05, 0.1) is 5.92 Å². The molecule has 0 radical (unpaired) electrons. The summed E-state index contributed by atoms with van der Waals surface area (Å²) in [6, 6.07) is 0. The highest BCUT2D eigenvalue weighted by Gasteiger charge is 2.42. The molecule has 84 valence electrons. The first-order valence-corrected chi connectivity index (χ1v) is 4.53. The molecule has 2 atom stereocenters. The van der Waals surface area contributed by atoms with Crippen molar-refractivity contribution in [2.24, 2.45) is 5.92 Å². The lowest BCUT2D eigenvalue weighted by Crippen LogP contribution is -2.37. The molecule has 3 nitrogen and oxygen atoms in total. The Balaban J connectivity index is 0.00000196. The topological polar surface area (TPSA) is 43.4 Å². The highest BCUT2D eigenvalue weighted by atomic mass is 16.6. The van der Waals surface area contributed by atoms with E-state index in [1.54, 1.807) is 19.1 Å². The maximum atomic E-state index is 11.4. The van der Waals surface area contributed by atoms with Crippen LogP contribution in [0.2, 0.25) is 0 Å². The molecule has 0 aromatic rings. The summed E-state index contributed by atoms with van der Waals surface area (Å²) in [5.74, 6) is -0.696. The number of rotatable bonds is 3. The maximum Gasteiger partial charge on any atom is 0.303 e. The molecular formula is C12H18O3. The van der Waals surface area contributed by atoms with E-state index in [1.807, 2.05) is 0 Å². The lowest BCUT2D eigenvalue weighted by atomic mass is 9.88. The Morgan fingerprint density at radius 1 is 1.73 bits per heavy atom. The van der Waals surface area contributed by atoms with Gasteiger partial charge in [-0.2, -0.15) is 0 Å². The van der Waals surface area contributed by atoms with Crippen LogP contribution in [0.5, 0.6) is 0 Å². The van der Waals surface area contributed by atoms with E-state index in [0.717, 1.165) is 0 Å². The lowest BCUT2D eigenvalue weighted by molar-refractivity contribution is -0.155. The van der Waals surface area contributed by atoms with Crippen molar-refractivity contribution in [3.63, 3.8) is 0 Å². The van der Waals surface area contributed by atoms with E-state index in [1.165, 1.54) is 13.0 Å². The minimum atomic E-state index is -0.795. The summed E-state index contributed by atoms with van der Waals surface area (Å²) in [7, 11) is 0. The zero-order valence-electron chi connectivity index (χ0n) is 8.45. The number of ketones is 1. The van der Waals surface area contributed by atoms with Crippen LogP contribution in [-0.2, 0) is 14.3 Å². The molecule has 2 unspecified atom stereocenters. The third-order valence-electron chi connectivity index (χ3n) is 2.38. The van der Waals surface area contributed by atoms with Crippen LogP contribution >= 0.6 is 0 Å². The summed E-state index contributed by atoms with van der Waals surface area (Å²) < 4.78 is 5.14. The summed E-state index contributed by atoms with van der Waals surface area (Å²) in [6.45, 7) is 6.66. The molecule has 0 fully saturated rings. The van der Waals surface area contributed by atoms with Crippen LogP contribution in [0.25, 0.3) is 0 Å². The van der Waals surface area contributed by atoms with E-state index in [0.29, 0.717) is 6.42 Å². The predicted octanol–water partition coefficient (Wildman–Crippen LogP) is 2.28. The number of ether oxygens (including phenoxy) is 1. The molecular weight excluding hydrogens is 192 g/mol. The first-order chi connectivity index (χ1) is 6.49. The highest BCUT2D eigenvalue weighted by molar-refractivity contribution is 5.96. The van der Waals surface area contributed by atoms with Crippen LogP contribution in [0, 0.1) is 5.92 Å². The van der Waals surface area contributed by atoms with Gasteiger partial charge in [-0.25, -0.2) is 0 Å². The van der Waals surface area contributed by atoms with Crippen molar-refractivity contribution in [1.29, 1.82) is 0 Å². The van der Waals surface area contributed by atoms with Gasteiger partial charge < -0.3 is 4.74 Å². The second kappa shape index (κ2) is 4.91. The SMILES string of the molecule is C.C=CCC1C(=O)C=CC1(C)OC(C)=O. The smallest absolute Gasteiger partial charge is 0.303 e. The predicted molar refractivity (Wildman–Crippen MR) is 59.4 cm³/mol. The summed E-state index contributed by atoms with van der Waals surface area (Å²) in [5, 5.41) is 0. The first kappa shape index (κ1) is 13.6. The molecule has 0 aromatic heterocycles. The third-order valence-corrected chi connectivity index (χ3v) is 2.38. The maximum absolute atomic E-state index is 11.4. The Kier molecular flexibility index (Phi) is 4.46. The van der Waals surface area contributed by atoms with E-state index in [2.05, 4.69) is 6.58 Å². The highest BCUT2D eigenvalue weighted by Crippen LogP contribution is 2.33. The Bertz CT molecular complexity index is 304. The first-order valence-electron chi connectivity index (χ1n) is 4.53. The average Bonchev–Trinajstić information content (AvgIpc) is 2.32. The van der Waals surface area contributed by atoms with E-state index < -0.39 is 5.60 Å². The van der Waals surface area contributed by atoms with Gasteiger partial charge in [0.1, 0.15) is 5.60 Å². The molecule has 1 rings (SSSR count). The summed E-state index contributed by atoms with van der Waals surface area (Å²) in [5.41, 5.74) is -0.795. The largest absolute Gasteiger partial charge is 0.454 e. The molecule has 0 spiro atoms. The summed E-state index contributed by atoms with van der Waals surface area (Å²) >= 11 is 0. The molecule has 0 saturated heterocycles. The average molecular weight is 210 g/mol. The molecule has 3 heteroatoms. The lowest BCUT2D eigenvalue weighted by Gasteiger charge is -2.28. The van der Waals surface area contributed by atoms with Crippen molar-refractivity contribution < 1.29 is 14.3 Å². The number of esters is 1. The quantitative estimate of drug-likeness (QED) is 0.530. The monoisotopic (exact) mass is 210 g/mol. The Hall–Kier alpha value is -1.38. The van der Waals surface area contributed by atoms with Crippen LogP contribution in [0.1, 0.15) is 27.7 Å². The van der Waals surface area contributed by atoms with Gasteiger partial charge in [0, 0.05) is 6.92 Å². The van der Waals surface area contributed by atoms with Crippen molar-refractivity contribution in [1.82, 2.24) is 0 Å². The fraction of sp³-hybridized carbons (Fsp3) is 0.500. The van der Waals surface area contributed by atoms with Gasteiger partial charge in [-0.3, -0.25) is 9.59 Å². The van der Waals surface area contributed by atoms with Crippen LogP contribution in [-0.4, -0.2) is 17.4 Å². The molecule has 0 saturated carbocycles. The van der Waals surface area contributed by atoms with Crippen molar-refractivity contribution >= 4 is 11.8 Å². The van der Waals surface area contributed by atoms with Gasteiger partial charge in [0.2, 0.25) is 0 Å². The molecule has 0 heterocycles. The van der Waals surface area contributed by atoms with E-state index in [9.17, 15) is 9.59 Å². The van der Waals surface area contributed by atoms with Crippen molar-refractivity contribution in [3.8, 4) is 0 Å². The van der Waals surface area contributed by atoms with E-state index in [-0.39, 0.29) is 25.1 Å². The summed E-state index contributed by atoms with van der Waals surface area (Å²) in [6.07, 6.45) is 5.30. The zero-order chi connectivity index (χ0) is 10.8. The number of hydrogen-bond acceptors (Lipinski definition) is 3. The van der Waals surface area contributed by atoms with Crippen molar-refractivity contribution in [3.05, 3.63) is 24.8 Å². The normalized spacial score (nSPS) is 28.4. The standard InChI is InChI=1S/C11H14O3.CH4/c1-4-5-9-10(13)6-7-11(9,3)14-8(2)12;/h4,6-7,9H,1,5H2,2-3H3;1H4. The number of carbonyl (C=O) groups excluding carboxylic acids is 2. The number of hydrogen-bond donors (Lipinski definition) is 0. The molecule has 1 aliphatic rings. The van der Waals surface area contributed by atoms with Crippen molar-refractivity contribution in [2.45, 2.75) is 33.3 Å². The van der Waals surface area contributed by atoms with Gasteiger partial charge in [-0.05, 0) is 25.5 Å². The van der Waals surface area contributed by atoms with Gasteiger partial charge in [0.25, 0.3) is 0 Å². The van der Waals surface area contributed by atoms with Crippen LogP contribution in [0.15, 0.2) is 24.8 Å². The number of carbonyl (C=O) groups is 2. The van der Waals surface area contributed by atoms with Crippen molar-refractivity contribution in [2.75, 3.05) is 0 Å². The Morgan fingerprint density at radius 2 is 2.33 bits per heavy atom. The Labute approximate surface area is 90.8 Å². The van der Waals surface area contributed by atoms with Crippen LogP contribution < -0.4 is 0 Å². The molecule has 0 aromatic carbocycles. The minimum absolute atomic E-state index is 0. The van der Waals surface area contributed by atoms with E-state index in [4.69, 9.17) is 4.74 Å². The zero-order valence-corrected chi connectivity index (χ0v) is 8.45. The molecule has 1 aliphatic carbocycles. The Morgan fingerprint density at radius 3 is 2.80 bits per heavy atom. The van der Waals surface area contributed by atoms with Gasteiger partial charge in [-0.15, -0.1) is 6.58 Å². The second-order valence-corrected chi connectivity index (χ2v) is 3.59. The number of allylic oxidation sites excluding steroid dienone is 2. The van der Waals surface area contributed by atoms with Gasteiger partial charge in [-0.1, -0.05) is 13.5 Å². The van der Waals surface area contributed by atoms with E-state index >= 15 is 0 Å². The fourth-order valence-electron chi connectivity index (χ4n) is 1.69. The van der Waals surface area contributed by atoms with Crippen LogP contribution in [0.3, 0.4) is 0 Å². The molecule has 0 amide bonds.